The minimum atomic E-state index is -0.936. The zero-order valence-corrected chi connectivity index (χ0v) is 15.3. The van der Waals surface area contributed by atoms with Gasteiger partial charge in [-0.3, -0.25) is 9.59 Å². The average molecular weight is 344 g/mol. The summed E-state index contributed by atoms with van der Waals surface area (Å²) in [5.41, 5.74) is 5.45. The number of nitrogens with two attached hydrogens (primary N) is 1. The van der Waals surface area contributed by atoms with Crippen LogP contribution < -0.4 is 5.73 Å². The Kier molecular flexibility index (Phi) is 14.7. The van der Waals surface area contributed by atoms with Gasteiger partial charge < -0.3 is 15.9 Å². The molecule has 0 aromatic carbocycles. The summed E-state index contributed by atoms with van der Waals surface area (Å²) in [6.45, 7) is 2.20. The first-order chi connectivity index (χ1) is 11.5. The largest absolute Gasteiger partial charge is 0.481 e. The molecule has 24 heavy (non-hydrogen) atoms. The number of rotatable bonds is 17. The van der Waals surface area contributed by atoms with Gasteiger partial charge in [0, 0.05) is 0 Å². The van der Waals surface area contributed by atoms with Gasteiger partial charge in [-0.15, -0.1) is 0 Å². The van der Waals surface area contributed by atoms with Crippen molar-refractivity contribution in [3.63, 3.8) is 0 Å². The highest BCUT2D eigenvalue weighted by Gasteiger charge is 2.16. The molecule has 2 atom stereocenters. The second-order valence-electron chi connectivity index (χ2n) is 6.88. The fourth-order valence-corrected chi connectivity index (χ4v) is 2.97. The topological polar surface area (TPSA) is 101 Å². The summed E-state index contributed by atoms with van der Waals surface area (Å²) < 4.78 is 0. The van der Waals surface area contributed by atoms with Crippen LogP contribution in [-0.2, 0) is 9.59 Å². The molecule has 0 bridgehead atoms. The average Bonchev–Trinajstić information content (AvgIpc) is 2.54. The lowest BCUT2D eigenvalue weighted by Crippen LogP contribution is -2.29. The van der Waals surface area contributed by atoms with E-state index in [9.17, 15) is 14.7 Å². The van der Waals surface area contributed by atoms with Crippen molar-refractivity contribution in [1.29, 1.82) is 0 Å². The van der Waals surface area contributed by atoms with Crippen molar-refractivity contribution in [2.45, 2.75) is 103 Å². The summed E-state index contributed by atoms with van der Waals surface area (Å²) in [6, 6.07) is -0.751. The van der Waals surface area contributed by atoms with Crippen LogP contribution in [0.5, 0.6) is 0 Å². The third-order valence-corrected chi connectivity index (χ3v) is 4.64. The Morgan fingerprint density at radius 3 is 1.54 bits per heavy atom. The highest BCUT2D eigenvalue weighted by atomic mass is 16.4. The molecule has 0 saturated carbocycles. The smallest absolute Gasteiger partial charge is 0.320 e. The molecule has 0 aliphatic heterocycles. The van der Waals surface area contributed by atoms with Crippen LogP contribution >= 0.6 is 0 Å². The molecule has 5 heteroatoms. The van der Waals surface area contributed by atoms with Crippen molar-refractivity contribution < 1.29 is 19.8 Å². The molecule has 0 radical (unpaired) electrons. The number of carbonyl (C=O) groups is 2. The summed E-state index contributed by atoms with van der Waals surface area (Å²) >= 11 is 0. The predicted octanol–water partition coefficient (Wildman–Crippen LogP) is 4.58. The Morgan fingerprint density at radius 2 is 1.12 bits per heavy atom. The maximum absolute atomic E-state index is 11.3. The third-order valence-electron chi connectivity index (χ3n) is 4.64. The van der Waals surface area contributed by atoms with Gasteiger partial charge in [-0.2, -0.15) is 0 Å². The molecule has 2 unspecified atom stereocenters. The molecule has 0 fully saturated rings. The van der Waals surface area contributed by atoms with Gasteiger partial charge in [-0.05, 0) is 19.3 Å². The first kappa shape index (κ1) is 22.9. The molecule has 0 saturated heterocycles. The van der Waals surface area contributed by atoms with Gasteiger partial charge in [0.05, 0.1) is 5.92 Å². The minimum Gasteiger partial charge on any atom is -0.481 e. The summed E-state index contributed by atoms with van der Waals surface area (Å²) in [4.78, 5) is 21.9. The van der Waals surface area contributed by atoms with E-state index in [1.807, 2.05) is 0 Å². The van der Waals surface area contributed by atoms with Crippen LogP contribution in [0.2, 0.25) is 0 Å². The summed E-state index contributed by atoms with van der Waals surface area (Å²) in [5, 5.41) is 18.0. The number of hydrogen-bond donors (Lipinski definition) is 3. The lowest BCUT2D eigenvalue weighted by atomic mass is 9.94. The molecule has 142 valence electrons. The molecule has 4 N–H and O–H groups in total. The highest BCUT2D eigenvalue weighted by molar-refractivity contribution is 5.72. The van der Waals surface area contributed by atoms with E-state index in [2.05, 4.69) is 6.92 Å². The summed E-state index contributed by atoms with van der Waals surface area (Å²) in [6.07, 6.45) is 14.0. The van der Waals surface area contributed by atoms with Crippen molar-refractivity contribution in [3.05, 3.63) is 0 Å². The lowest BCUT2D eigenvalue weighted by Gasteiger charge is -2.12. The van der Waals surface area contributed by atoms with Crippen molar-refractivity contribution >= 4 is 11.9 Å². The van der Waals surface area contributed by atoms with Crippen molar-refractivity contribution in [1.82, 2.24) is 0 Å². The first-order valence-electron chi connectivity index (χ1n) is 9.70. The zero-order chi connectivity index (χ0) is 18.2. The van der Waals surface area contributed by atoms with Crippen LogP contribution in [0.1, 0.15) is 96.8 Å². The van der Waals surface area contributed by atoms with Gasteiger partial charge in [0.1, 0.15) is 6.04 Å². The van der Waals surface area contributed by atoms with Crippen LogP contribution in [0.15, 0.2) is 0 Å². The van der Waals surface area contributed by atoms with Crippen molar-refractivity contribution in [2.24, 2.45) is 11.7 Å². The van der Waals surface area contributed by atoms with Gasteiger partial charge in [-0.1, -0.05) is 77.6 Å². The van der Waals surface area contributed by atoms with Gasteiger partial charge in [0.2, 0.25) is 0 Å². The number of hydrogen-bond acceptors (Lipinski definition) is 3. The fraction of sp³-hybridized carbons (Fsp3) is 0.895. The van der Waals surface area contributed by atoms with E-state index in [1.54, 1.807) is 0 Å². The maximum Gasteiger partial charge on any atom is 0.320 e. The normalized spacial score (nSPS) is 13.6. The summed E-state index contributed by atoms with van der Waals surface area (Å²) in [5.74, 6) is -1.79. The van der Waals surface area contributed by atoms with Crippen LogP contribution in [0.4, 0.5) is 0 Å². The third kappa shape index (κ3) is 13.3. The Bertz CT molecular complexity index is 333. The lowest BCUT2D eigenvalue weighted by molar-refractivity contribution is -0.142. The molecular weight excluding hydrogens is 306 g/mol. The van der Waals surface area contributed by atoms with Crippen LogP contribution in [-0.4, -0.2) is 28.2 Å². The first-order valence-corrected chi connectivity index (χ1v) is 9.70. The molecule has 5 nitrogen and oxygen atoms in total. The minimum absolute atomic E-state index is 0.198. The Labute approximate surface area is 147 Å². The monoisotopic (exact) mass is 343 g/mol. The fourth-order valence-electron chi connectivity index (χ4n) is 2.97. The molecule has 0 amide bonds. The molecule has 0 rings (SSSR count). The molecule has 0 aliphatic carbocycles. The number of aliphatic carboxylic acids is 2. The quantitative estimate of drug-likeness (QED) is 0.336. The van der Waals surface area contributed by atoms with Gasteiger partial charge >= 0.3 is 11.9 Å². The Hall–Kier alpha value is -1.10. The van der Waals surface area contributed by atoms with Gasteiger partial charge in [0.15, 0.2) is 0 Å². The van der Waals surface area contributed by atoms with Crippen molar-refractivity contribution in [2.75, 3.05) is 0 Å². The van der Waals surface area contributed by atoms with Crippen LogP contribution in [0.25, 0.3) is 0 Å². The van der Waals surface area contributed by atoms with E-state index in [-0.39, 0.29) is 5.92 Å². The molecule has 0 spiro atoms. The second-order valence-corrected chi connectivity index (χ2v) is 6.88. The number of carboxylic acid groups (broad SMARTS) is 2. The van der Waals surface area contributed by atoms with Crippen molar-refractivity contribution in [3.8, 4) is 0 Å². The maximum atomic E-state index is 11.3. The Morgan fingerprint density at radius 1 is 0.708 bits per heavy atom. The molecule has 0 aliphatic rings. The van der Waals surface area contributed by atoms with E-state index in [1.165, 1.54) is 25.7 Å². The molecular formula is C19H37NO4. The van der Waals surface area contributed by atoms with E-state index >= 15 is 0 Å². The molecule has 0 heterocycles. The summed E-state index contributed by atoms with van der Waals surface area (Å²) in [7, 11) is 0. The van der Waals surface area contributed by atoms with Crippen LogP contribution in [0.3, 0.4) is 0 Å². The zero-order valence-electron chi connectivity index (χ0n) is 15.3. The van der Waals surface area contributed by atoms with E-state index in [0.717, 1.165) is 57.8 Å². The van der Waals surface area contributed by atoms with Gasteiger partial charge in [0.25, 0.3) is 0 Å². The van der Waals surface area contributed by atoms with E-state index in [4.69, 9.17) is 10.8 Å². The van der Waals surface area contributed by atoms with Gasteiger partial charge in [-0.25, -0.2) is 0 Å². The standard InChI is InChI=1S/C19H37NO4/c1-2-3-4-5-7-10-13-16(18(21)22)14-11-8-6-9-12-15-17(20)19(23)24/h16-17H,2-15,20H2,1H3,(H,21,22)(H,23,24). The highest BCUT2D eigenvalue weighted by Crippen LogP contribution is 2.19. The number of unbranched alkanes of at least 4 members (excludes halogenated alkanes) is 9. The second kappa shape index (κ2) is 15.4. The van der Waals surface area contributed by atoms with E-state index < -0.39 is 18.0 Å². The van der Waals surface area contributed by atoms with E-state index in [0.29, 0.717) is 6.42 Å². The SMILES string of the molecule is CCCCCCCCC(CCCCCCCC(N)C(=O)O)C(=O)O. The predicted molar refractivity (Wildman–Crippen MR) is 97.0 cm³/mol. The van der Waals surface area contributed by atoms with Crippen LogP contribution in [0, 0.1) is 5.92 Å². The number of carboxylic acids is 2. The molecule has 0 aromatic heterocycles. The molecule has 0 aromatic rings. The Balaban J connectivity index is 3.61.